The Bertz CT molecular complexity index is 974. The number of fused-ring (bicyclic) bond motifs is 3. The van der Waals surface area contributed by atoms with E-state index in [1.54, 1.807) is 0 Å². The molecule has 0 unspecified atom stereocenters. The van der Waals surface area contributed by atoms with Crippen LogP contribution in [0.3, 0.4) is 0 Å². The molecule has 0 N–H and O–H groups in total. The number of rotatable bonds is 4. The molecule has 0 atom stereocenters. The first kappa shape index (κ1) is 18.0. The van der Waals surface area contributed by atoms with E-state index >= 15 is 0 Å². The molecule has 0 bridgehead atoms. The fourth-order valence-corrected chi connectivity index (χ4v) is 4.49. The molecule has 1 heterocycles. The molecule has 0 aliphatic carbocycles. The highest BCUT2D eigenvalue weighted by Crippen LogP contribution is 2.35. The summed E-state index contributed by atoms with van der Waals surface area (Å²) in [4.78, 5) is 0. The van der Waals surface area contributed by atoms with Crippen LogP contribution in [0.4, 0.5) is 0 Å². The minimum Gasteiger partial charge on any atom is -0.135 e. The summed E-state index contributed by atoms with van der Waals surface area (Å²) >= 11 is 1.88. The van der Waals surface area contributed by atoms with Gasteiger partial charge in [-0.05, 0) is 30.2 Å². The standard InChI is InChI=1S/C23H26SSi/c1-5-6-7-8-9-18-10-12-20-21-13-11-19(14-15-25(2,3)4)17-23(21)24-22(20)16-18/h8-13,16-17H,5-7H2,1-4H3. The van der Waals surface area contributed by atoms with Gasteiger partial charge < -0.3 is 0 Å². The summed E-state index contributed by atoms with van der Waals surface area (Å²) in [5.74, 6) is 3.38. The second-order valence-electron chi connectivity index (χ2n) is 7.61. The maximum absolute atomic E-state index is 3.46. The van der Waals surface area contributed by atoms with Gasteiger partial charge in [0.25, 0.3) is 0 Å². The van der Waals surface area contributed by atoms with Crippen LogP contribution >= 0.6 is 11.3 Å². The van der Waals surface area contributed by atoms with Gasteiger partial charge in [-0.1, -0.05) is 75.7 Å². The first-order valence-electron chi connectivity index (χ1n) is 9.12. The zero-order valence-electron chi connectivity index (χ0n) is 15.6. The molecule has 0 fully saturated rings. The molecule has 3 rings (SSSR count). The smallest absolute Gasteiger partial charge is 0.129 e. The van der Waals surface area contributed by atoms with Crippen molar-refractivity contribution in [1.29, 1.82) is 0 Å². The summed E-state index contributed by atoms with van der Waals surface area (Å²) in [5.41, 5.74) is 5.90. The zero-order chi connectivity index (χ0) is 17.9. The third-order valence-corrected chi connectivity index (χ3v) is 6.10. The van der Waals surface area contributed by atoms with Gasteiger partial charge in [-0.25, -0.2) is 0 Å². The van der Waals surface area contributed by atoms with Crippen LogP contribution in [-0.4, -0.2) is 8.07 Å². The van der Waals surface area contributed by atoms with Crippen LogP contribution in [-0.2, 0) is 0 Å². The van der Waals surface area contributed by atoms with E-state index in [1.165, 1.54) is 45.0 Å². The normalized spacial score (nSPS) is 12.0. The van der Waals surface area contributed by atoms with Crippen molar-refractivity contribution in [1.82, 2.24) is 0 Å². The number of allylic oxidation sites excluding steroid dienone is 1. The van der Waals surface area contributed by atoms with Gasteiger partial charge >= 0.3 is 0 Å². The molecule has 0 nitrogen and oxygen atoms in total. The highest BCUT2D eigenvalue weighted by molar-refractivity contribution is 7.25. The fraction of sp³-hybridized carbons (Fsp3) is 0.304. The van der Waals surface area contributed by atoms with Crippen LogP contribution in [0.25, 0.3) is 26.2 Å². The molecule has 0 aliphatic rings. The van der Waals surface area contributed by atoms with Crippen LogP contribution in [0.15, 0.2) is 42.5 Å². The van der Waals surface area contributed by atoms with E-state index in [4.69, 9.17) is 0 Å². The van der Waals surface area contributed by atoms with Gasteiger partial charge in [-0.2, -0.15) is 0 Å². The minimum absolute atomic E-state index is 1.14. The Labute approximate surface area is 156 Å². The Morgan fingerprint density at radius 3 is 2.44 bits per heavy atom. The number of hydrogen-bond acceptors (Lipinski definition) is 1. The van der Waals surface area contributed by atoms with Crippen molar-refractivity contribution in [3.63, 3.8) is 0 Å². The quantitative estimate of drug-likeness (QED) is 0.256. The lowest BCUT2D eigenvalue weighted by Crippen LogP contribution is -2.16. The maximum Gasteiger partial charge on any atom is 0.129 e. The first-order chi connectivity index (χ1) is 12.0. The molecule has 0 amide bonds. The van der Waals surface area contributed by atoms with Gasteiger partial charge in [0.05, 0.1) is 0 Å². The lowest BCUT2D eigenvalue weighted by molar-refractivity contribution is 0.816. The van der Waals surface area contributed by atoms with Gasteiger partial charge in [0.2, 0.25) is 0 Å². The third-order valence-electron chi connectivity index (χ3n) is 4.11. The zero-order valence-corrected chi connectivity index (χ0v) is 17.5. The Balaban J connectivity index is 1.94. The fourth-order valence-electron chi connectivity index (χ4n) is 2.78. The van der Waals surface area contributed by atoms with Crippen LogP contribution < -0.4 is 0 Å². The van der Waals surface area contributed by atoms with E-state index in [2.05, 4.69) is 86.6 Å². The van der Waals surface area contributed by atoms with Crippen LogP contribution in [0.2, 0.25) is 19.6 Å². The van der Waals surface area contributed by atoms with Gasteiger partial charge in [0.1, 0.15) is 8.07 Å². The second kappa shape index (κ2) is 7.60. The lowest BCUT2D eigenvalue weighted by atomic mass is 10.1. The Morgan fingerprint density at radius 2 is 1.72 bits per heavy atom. The van der Waals surface area contributed by atoms with Crippen LogP contribution in [0.5, 0.6) is 0 Å². The molecule has 0 spiro atoms. The average molecular weight is 363 g/mol. The van der Waals surface area contributed by atoms with E-state index in [0.717, 1.165) is 5.56 Å². The predicted molar refractivity (Wildman–Crippen MR) is 118 cm³/mol. The van der Waals surface area contributed by atoms with Gasteiger partial charge in [0.15, 0.2) is 0 Å². The topological polar surface area (TPSA) is 0 Å². The lowest BCUT2D eigenvalue weighted by Gasteiger charge is -2.03. The van der Waals surface area contributed by atoms with Crippen molar-refractivity contribution >= 4 is 45.7 Å². The monoisotopic (exact) mass is 362 g/mol. The molecule has 3 aromatic rings. The van der Waals surface area contributed by atoms with Crippen molar-refractivity contribution in [3.8, 4) is 11.5 Å². The van der Waals surface area contributed by atoms with Crippen molar-refractivity contribution in [3.05, 3.63) is 53.6 Å². The molecule has 25 heavy (non-hydrogen) atoms. The number of hydrogen-bond donors (Lipinski definition) is 0. The highest BCUT2D eigenvalue weighted by Gasteiger charge is 2.08. The number of thiophene rings is 1. The molecule has 2 aromatic carbocycles. The summed E-state index contributed by atoms with van der Waals surface area (Å²) in [7, 11) is -1.33. The Morgan fingerprint density at radius 1 is 1.00 bits per heavy atom. The third kappa shape index (κ3) is 4.63. The molecule has 0 radical (unpaired) electrons. The number of unbranched alkanes of at least 4 members (excludes halogenated alkanes) is 2. The molecule has 1 aromatic heterocycles. The number of benzene rings is 2. The van der Waals surface area contributed by atoms with Crippen LogP contribution in [0, 0.1) is 11.5 Å². The van der Waals surface area contributed by atoms with Gasteiger partial charge in [0, 0.05) is 25.7 Å². The Hall–Kier alpha value is -1.82. The molecular weight excluding hydrogens is 336 g/mol. The highest BCUT2D eigenvalue weighted by atomic mass is 32.1. The first-order valence-corrected chi connectivity index (χ1v) is 13.4. The molecule has 0 saturated carbocycles. The summed E-state index contributed by atoms with van der Waals surface area (Å²) in [5, 5.41) is 2.70. The van der Waals surface area contributed by atoms with Gasteiger partial charge in [-0.15, -0.1) is 16.9 Å². The maximum atomic E-state index is 3.46. The predicted octanol–water partition coefficient (Wildman–Crippen LogP) is 7.49. The van der Waals surface area contributed by atoms with E-state index in [0.29, 0.717) is 0 Å². The van der Waals surface area contributed by atoms with E-state index in [-0.39, 0.29) is 0 Å². The minimum atomic E-state index is -1.33. The van der Waals surface area contributed by atoms with E-state index < -0.39 is 8.07 Å². The van der Waals surface area contributed by atoms with Gasteiger partial charge in [-0.3, -0.25) is 0 Å². The summed E-state index contributed by atoms with van der Waals surface area (Å²) in [6.07, 6.45) is 8.23. The summed E-state index contributed by atoms with van der Waals surface area (Å²) < 4.78 is 2.70. The van der Waals surface area contributed by atoms with E-state index in [9.17, 15) is 0 Å². The summed E-state index contributed by atoms with van der Waals surface area (Å²) in [6, 6.07) is 13.5. The largest absolute Gasteiger partial charge is 0.135 e. The average Bonchev–Trinajstić information content (AvgIpc) is 2.93. The SMILES string of the molecule is CCCCC=Cc1ccc2c(c1)sc1cc(C#C[Si](C)(C)C)ccc12. The van der Waals surface area contributed by atoms with E-state index in [1.807, 2.05) is 11.3 Å². The molecule has 0 aliphatic heterocycles. The van der Waals surface area contributed by atoms with Crippen molar-refractivity contribution in [2.75, 3.05) is 0 Å². The van der Waals surface area contributed by atoms with Crippen molar-refractivity contribution in [2.24, 2.45) is 0 Å². The van der Waals surface area contributed by atoms with Crippen LogP contribution in [0.1, 0.15) is 37.3 Å². The van der Waals surface area contributed by atoms with Crippen molar-refractivity contribution in [2.45, 2.75) is 45.8 Å². The van der Waals surface area contributed by atoms with Crippen molar-refractivity contribution < 1.29 is 0 Å². The summed E-state index contributed by atoms with van der Waals surface area (Å²) in [6.45, 7) is 9.09. The molecule has 128 valence electrons. The second-order valence-corrected chi connectivity index (χ2v) is 13.4. The Kier molecular flexibility index (Phi) is 5.47. The molecule has 0 saturated heterocycles. The molecule has 2 heteroatoms. The molecular formula is C23H26SSi.